The van der Waals surface area contributed by atoms with E-state index < -0.39 is 0 Å². The average Bonchev–Trinajstić information content (AvgIpc) is 3.84. The van der Waals surface area contributed by atoms with Gasteiger partial charge in [-0.25, -0.2) is 0 Å². The lowest BCUT2D eigenvalue weighted by Gasteiger charge is -2.26. The lowest BCUT2D eigenvalue weighted by atomic mass is 10.0. The lowest BCUT2D eigenvalue weighted by molar-refractivity contribution is 1.18. The molecule has 9 aromatic carbocycles. The summed E-state index contributed by atoms with van der Waals surface area (Å²) in [6, 6.07) is 80.5. The predicted molar refractivity (Wildman–Crippen MR) is 245 cm³/mol. The number of aromatic amines is 1. The van der Waals surface area contributed by atoms with Crippen molar-refractivity contribution in [3.8, 4) is 16.8 Å². The van der Waals surface area contributed by atoms with Gasteiger partial charge in [-0.3, -0.25) is 0 Å². The molecule has 58 heavy (non-hydrogen) atoms. The molecule has 4 nitrogen and oxygen atoms in total. The number of nitrogens with zero attached hydrogens (tertiary/aromatic N) is 3. The molecule has 1 N–H and O–H groups in total. The van der Waals surface area contributed by atoms with Crippen molar-refractivity contribution in [1.29, 1.82) is 0 Å². The van der Waals surface area contributed by atoms with Gasteiger partial charge in [0.05, 0.1) is 16.6 Å². The SMILES string of the molecule is c1ccc(N(c2ccccc2)c2ccc3c(c2)c2cc(N(c4ccccc4)c4ccccc4)ccc2n3-c2ccc(-c3cccc4c3[nH]c3ccccc34)cc2)cc1. The molecule has 11 rings (SSSR count). The maximum absolute atomic E-state index is 3.70. The molecule has 0 aliphatic carbocycles. The third kappa shape index (κ3) is 5.70. The second-order valence-corrected chi connectivity index (χ2v) is 14.7. The Bertz CT molecular complexity index is 2990. The second kappa shape index (κ2) is 14.0. The van der Waals surface area contributed by atoms with E-state index in [2.05, 4.69) is 244 Å². The van der Waals surface area contributed by atoms with Gasteiger partial charge in [0.2, 0.25) is 0 Å². The minimum atomic E-state index is 1.10. The van der Waals surface area contributed by atoms with E-state index in [1.165, 1.54) is 32.7 Å². The van der Waals surface area contributed by atoms with E-state index in [0.29, 0.717) is 0 Å². The van der Waals surface area contributed by atoms with Crippen LogP contribution in [0.15, 0.2) is 224 Å². The Morgan fingerprint density at radius 3 is 1.28 bits per heavy atom. The largest absolute Gasteiger partial charge is 0.354 e. The maximum atomic E-state index is 3.70. The fourth-order valence-corrected chi connectivity index (χ4v) is 8.66. The highest BCUT2D eigenvalue weighted by atomic mass is 15.1. The van der Waals surface area contributed by atoms with Crippen molar-refractivity contribution in [3.63, 3.8) is 0 Å². The van der Waals surface area contributed by atoms with E-state index in [4.69, 9.17) is 0 Å². The summed E-state index contributed by atoms with van der Waals surface area (Å²) < 4.78 is 2.41. The van der Waals surface area contributed by atoms with Gasteiger partial charge in [-0.2, -0.15) is 0 Å². The van der Waals surface area contributed by atoms with Gasteiger partial charge in [0.25, 0.3) is 0 Å². The molecule has 0 aliphatic heterocycles. The Hall–Kier alpha value is -7.82. The van der Waals surface area contributed by atoms with Gasteiger partial charge in [-0.1, -0.05) is 121 Å². The van der Waals surface area contributed by atoms with Crippen molar-refractivity contribution in [3.05, 3.63) is 224 Å². The normalized spacial score (nSPS) is 11.4. The molecule has 0 saturated carbocycles. The van der Waals surface area contributed by atoms with Crippen molar-refractivity contribution in [2.45, 2.75) is 0 Å². The summed E-state index contributed by atoms with van der Waals surface area (Å²) in [4.78, 5) is 8.38. The number of hydrogen-bond donors (Lipinski definition) is 1. The van der Waals surface area contributed by atoms with E-state index in [1.807, 2.05) is 0 Å². The fraction of sp³-hybridized carbons (Fsp3) is 0. The van der Waals surface area contributed by atoms with Crippen molar-refractivity contribution in [1.82, 2.24) is 9.55 Å². The molecule has 2 heterocycles. The average molecular weight is 743 g/mol. The first-order valence-corrected chi connectivity index (χ1v) is 19.8. The third-order valence-corrected chi connectivity index (χ3v) is 11.3. The number of fused-ring (bicyclic) bond motifs is 6. The first-order valence-electron chi connectivity index (χ1n) is 19.8. The van der Waals surface area contributed by atoms with Crippen LogP contribution in [0.3, 0.4) is 0 Å². The van der Waals surface area contributed by atoms with E-state index in [0.717, 1.165) is 61.9 Å². The van der Waals surface area contributed by atoms with Crippen LogP contribution in [0, 0.1) is 0 Å². The van der Waals surface area contributed by atoms with Crippen LogP contribution in [-0.4, -0.2) is 9.55 Å². The van der Waals surface area contributed by atoms with Crippen LogP contribution in [0.2, 0.25) is 0 Å². The molecule has 0 unspecified atom stereocenters. The van der Waals surface area contributed by atoms with Gasteiger partial charge in [0.15, 0.2) is 0 Å². The van der Waals surface area contributed by atoms with Gasteiger partial charge in [-0.15, -0.1) is 0 Å². The molecular weight excluding hydrogens is 705 g/mol. The topological polar surface area (TPSA) is 27.2 Å². The van der Waals surface area contributed by atoms with Crippen LogP contribution < -0.4 is 9.80 Å². The van der Waals surface area contributed by atoms with Crippen molar-refractivity contribution >= 4 is 77.7 Å². The Labute approximate surface area is 337 Å². The molecule has 4 heteroatoms. The number of benzene rings is 9. The van der Waals surface area contributed by atoms with E-state index in [1.54, 1.807) is 0 Å². The second-order valence-electron chi connectivity index (χ2n) is 14.7. The molecule has 0 atom stereocenters. The molecule has 0 amide bonds. The monoisotopic (exact) mass is 742 g/mol. The molecule has 274 valence electrons. The van der Waals surface area contributed by atoms with Crippen LogP contribution >= 0.6 is 0 Å². The molecular formula is C54H38N4. The molecule has 0 bridgehead atoms. The van der Waals surface area contributed by atoms with Crippen LogP contribution in [0.5, 0.6) is 0 Å². The minimum Gasteiger partial charge on any atom is -0.354 e. The van der Waals surface area contributed by atoms with Gasteiger partial charge >= 0.3 is 0 Å². The number of rotatable bonds is 8. The summed E-state index contributed by atoms with van der Waals surface area (Å²) in [5.74, 6) is 0. The summed E-state index contributed by atoms with van der Waals surface area (Å²) in [7, 11) is 0. The zero-order valence-corrected chi connectivity index (χ0v) is 31.7. The minimum absolute atomic E-state index is 1.10. The van der Waals surface area contributed by atoms with Crippen LogP contribution in [0.1, 0.15) is 0 Å². The predicted octanol–water partition coefficient (Wildman–Crippen LogP) is 15.0. The van der Waals surface area contributed by atoms with Crippen molar-refractivity contribution in [2.75, 3.05) is 9.80 Å². The first kappa shape index (κ1) is 33.5. The molecule has 0 spiro atoms. The van der Waals surface area contributed by atoms with Crippen LogP contribution in [0.4, 0.5) is 34.1 Å². The number of hydrogen-bond acceptors (Lipinski definition) is 2. The molecule has 0 radical (unpaired) electrons. The Balaban J connectivity index is 1.11. The zero-order valence-electron chi connectivity index (χ0n) is 31.7. The van der Waals surface area contributed by atoms with Crippen LogP contribution in [0.25, 0.3) is 60.4 Å². The van der Waals surface area contributed by atoms with Crippen molar-refractivity contribution in [2.24, 2.45) is 0 Å². The highest BCUT2D eigenvalue weighted by molar-refractivity contribution is 6.13. The zero-order chi connectivity index (χ0) is 38.4. The highest BCUT2D eigenvalue weighted by Gasteiger charge is 2.20. The molecule has 11 aromatic rings. The first-order chi connectivity index (χ1) is 28.8. The smallest absolute Gasteiger partial charge is 0.0544 e. The summed E-state index contributed by atoms with van der Waals surface area (Å²) >= 11 is 0. The van der Waals surface area contributed by atoms with Gasteiger partial charge in [-0.05, 0) is 109 Å². The molecule has 0 saturated heterocycles. The quantitative estimate of drug-likeness (QED) is 0.168. The van der Waals surface area contributed by atoms with Gasteiger partial charge in [0.1, 0.15) is 0 Å². The number of nitrogens with one attached hydrogen (secondary N) is 1. The van der Waals surface area contributed by atoms with Gasteiger partial charge < -0.3 is 19.4 Å². The summed E-state index contributed by atoms with van der Waals surface area (Å²) in [5, 5.41) is 4.85. The van der Waals surface area contributed by atoms with E-state index in [-0.39, 0.29) is 0 Å². The number of anilines is 6. The van der Waals surface area contributed by atoms with E-state index >= 15 is 0 Å². The standard InChI is InChI=1S/C54H38N4/c1-5-16-39(17-6-1)56(40-18-7-2-8-19-40)44-32-34-52-49(36-44)50-37-45(57(41-20-9-3-10-21-41)42-22-11-4-12-23-42)33-35-53(50)58(52)43-30-28-38(29-31-43)46-25-15-26-48-47-24-13-14-27-51(47)55-54(46)48/h1-37,55H. The summed E-state index contributed by atoms with van der Waals surface area (Å²) in [6.07, 6.45) is 0. The Kier molecular flexibility index (Phi) is 8.11. The number of aromatic nitrogens is 2. The fourth-order valence-electron chi connectivity index (χ4n) is 8.66. The summed E-state index contributed by atoms with van der Waals surface area (Å²) in [5.41, 5.74) is 14.7. The number of H-pyrrole nitrogens is 1. The Morgan fingerprint density at radius 1 is 0.328 bits per heavy atom. The Morgan fingerprint density at radius 2 is 0.776 bits per heavy atom. The molecule has 0 fully saturated rings. The number of para-hydroxylation sites is 6. The van der Waals surface area contributed by atoms with Crippen molar-refractivity contribution < 1.29 is 0 Å². The van der Waals surface area contributed by atoms with E-state index in [9.17, 15) is 0 Å². The lowest BCUT2D eigenvalue weighted by Crippen LogP contribution is -2.09. The van der Waals surface area contributed by atoms with Gasteiger partial charge in [0, 0.05) is 72.4 Å². The maximum Gasteiger partial charge on any atom is 0.0544 e. The third-order valence-electron chi connectivity index (χ3n) is 11.3. The van der Waals surface area contributed by atoms with Crippen LogP contribution in [-0.2, 0) is 0 Å². The summed E-state index contributed by atoms with van der Waals surface area (Å²) in [6.45, 7) is 0. The molecule has 2 aromatic heterocycles. The molecule has 0 aliphatic rings. The highest BCUT2D eigenvalue weighted by Crippen LogP contribution is 2.43.